The maximum absolute atomic E-state index is 9.66. The van der Waals surface area contributed by atoms with Crippen molar-refractivity contribution in [3.8, 4) is 0 Å². The van der Waals surface area contributed by atoms with Crippen LogP contribution in [0.15, 0.2) is 0 Å². The van der Waals surface area contributed by atoms with Crippen LogP contribution < -0.4 is 0 Å². The summed E-state index contributed by atoms with van der Waals surface area (Å²) in [6.45, 7) is 11.4. The van der Waals surface area contributed by atoms with Crippen molar-refractivity contribution < 1.29 is 9.84 Å². The molecule has 3 heteroatoms. The van der Waals surface area contributed by atoms with Crippen LogP contribution >= 0.6 is 0 Å². The van der Waals surface area contributed by atoms with E-state index in [4.69, 9.17) is 4.74 Å². The predicted octanol–water partition coefficient (Wildman–Crippen LogP) is 1.50. The molecule has 0 aliphatic heterocycles. The van der Waals surface area contributed by atoms with E-state index in [-0.39, 0.29) is 12.2 Å². The van der Waals surface area contributed by atoms with Crippen LogP contribution in [-0.4, -0.2) is 48.5 Å². The van der Waals surface area contributed by atoms with Crippen LogP contribution in [0.5, 0.6) is 0 Å². The van der Waals surface area contributed by atoms with Crippen LogP contribution in [-0.2, 0) is 4.74 Å². The largest absolute Gasteiger partial charge is 0.389 e. The Bertz CT molecular complexity index is 128. The first kappa shape index (κ1) is 13.9. The zero-order valence-corrected chi connectivity index (χ0v) is 9.99. The van der Waals surface area contributed by atoms with E-state index in [9.17, 15) is 5.11 Å². The maximum Gasteiger partial charge on any atom is 0.0900 e. The van der Waals surface area contributed by atoms with Crippen molar-refractivity contribution in [2.45, 2.75) is 46.3 Å². The van der Waals surface area contributed by atoms with Crippen molar-refractivity contribution in [2.75, 3.05) is 26.2 Å². The highest BCUT2D eigenvalue weighted by Gasteiger charge is 2.10. The van der Waals surface area contributed by atoms with E-state index in [1.165, 1.54) is 0 Å². The second kappa shape index (κ2) is 8.21. The number of aliphatic hydroxyl groups is 1. The fourth-order valence-electron chi connectivity index (χ4n) is 1.35. The molecule has 0 rings (SSSR count). The number of ether oxygens (including phenoxy) is 1. The SMILES string of the molecule is CCCN(CC)CC(O)COC(C)C. The Kier molecular flexibility index (Phi) is 8.14. The van der Waals surface area contributed by atoms with Crippen LogP contribution in [0.25, 0.3) is 0 Å². The van der Waals surface area contributed by atoms with Gasteiger partial charge in [-0.2, -0.15) is 0 Å². The minimum Gasteiger partial charge on any atom is -0.389 e. The lowest BCUT2D eigenvalue weighted by atomic mass is 10.3. The highest BCUT2D eigenvalue weighted by Crippen LogP contribution is 1.97. The van der Waals surface area contributed by atoms with Crippen LogP contribution in [0.3, 0.4) is 0 Å². The Morgan fingerprint density at radius 3 is 2.36 bits per heavy atom. The average Bonchev–Trinajstić information content (AvgIpc) is 2.14. The van der Waals surface area contributed by atoms with Gasteiger partial charge in [-0.25, -0.2) is 0 Å². The van der Waals surface area contributed by atoms with Gasteiger partial charge in [0.2, 0.25) is 0 Å². The van der Waals surface area contributed by atoms with Crippen LogP contribution in [0.1, 0.15) is 34.1 Å². The minimum atomic E-state index is -0.358. The Balaban J connectivity index is 3.61. The third-order valence-corrected chi connectivity index (χ3v) is 2.08. The zero-order valence-electron chi connectivity index (χ0n) is 9.99. The monoisotopic (exact) mass is 203 g/mol. The Labute approximate surface area is 88.1 Å². The van der Waals surface area contributed by atoms with Gasteiger partial charge in [-0.1, -0.05) is 13.8 Å². The molecular formula is C11H25NO2. The highest BCUT2D eigenvalue weighted by molar-refractivity contribution is 4.62. The van der Waals surface area contributed by atoms with Crippen molar-refractivity contribution >= 4 is 0 Å². The lowest BCUT2D eigenvalue weighted by Crippen LogP contribution is -2.35. The van der Waals surface area contributed by atoms with Gasteiger partial charge in [0.25, 0.3) is 0 Å². The fraction of sp³-hybridized carbons (Fsp3) is 1.00. The lowest BCUT2D eigenvalue weighted by molar-refractivity contribution is -0.00784. The van der Waals surface area contributed by atoms with Crippen molar-refractivity contribution in [3.05, 3.63) is 0 Å². The summed E-state index contributed by atoms with van der Waals surface area (Å²) in [5, 5.41) is 9.66. The zero-order chi connectivity index (χ0) is 11.0. The quantitative estimate of drug-likeness (QED) is 0.649. The maximum atomic E-state index is 9.66. The molecule has 86 valence electrons. The summed E-state index contributed by atoms with van der Waals surface area (Å²) in [4.78, 5) is 2.24. The number of aliphatic hydroxyl groups excluding tert-OH is 1. The summed E-state index contributed by atoms with van der Waals surface area (Å²) < 4.78 is 5.35. The molecule has 0 amide bonds. The van der Waals surface area contributed by atoms with Gasteiger partial charge >= 0.3 is 0 Å². The van der Waals surface area contributed by atoms with E-state index in [1.807, 2.05) is 13.8 Å². The standard InChI is InChI=1S/C11H25NO2/c1-5-7-12(6-2)8-11(13)9-14-10(3)4/h10-11,13H,5-9H2,1-4H3. The average molecular weight is 203 g/mol. The second-order valence-corrected chi connectivity index (χ2v) is 3.93. The molecule has 0 bridgehead atoms. The Morgan fingerprint density at radius 2 is 1.93 bits per heavy atom. The molecule has 0 aromatic heterocycles. The van der Waals surface area contributed by atoms with E-state index in [2.05, 4.69) is 18.7 Å². The molecule has 1 unspecified atom stereocenters. The smallest absolute Gasteiger partial charge is 0.0900 e. The summed E-state index contributed by atoms with van der Waals surface area (Å²) in [6, 6.07) is 0. The van der Waals surface area contributed by atoms with Gasteiger partial charge in [0.1, 0.15) is 0 Å². The van der Waals surface area contributed by atoms with Crippen molar-refractivity contribution in [3.63, 3.8) is 0 Å². The molecule has 14 heavy (non-hydrogen) atoms. The van der Waals surface area contributed by atoms with E-state index in [0.717, 1.165) is 26.1 Å². The van der Waals surface area contributed by atoms with Crippen LogP contribution in [0.4, 0.5) is 0 Å². The van der Waals surface area contributed by atoms with Gasteiger partial charge in [-0.05, 0) is 33.4 Å². The van der Waals surface area contributed by atoms with Crippen LogP contribution in [0, 0.1) is 0 Å². The van der Waals surface area contributed by atoms with Gasteiger partial charge in [0, 0.05) is 6.54 Å². The first-order valence-corrected chi connectivity index (χ1v) is 5.62. The molecule has 0 aromatic carbocycles. The van der Waals surface area contributed by atoms with Gasteiger partial charge in [0.05, 0.1) is 18.8 Å². The molecule has 0 fully saturated rings. The fourth-order valence-corrected chi connectivity index (χ4v) is 1.35. The molecule has 0 saturated carbocycles. The molecule has 0 aliphatic rings. The Morgan fingerprint density at radius 1 is 1.29 bits per heavy atom. The number of hydrogen-bond acceptors (Lipinski definition) is 3. The summed E-state index contributed by atoms with van der Waals surface area (Å²) >= 11 is 0. The third-order valence-electron chi connectivity index (χ3n) is 2.08. The Hall–Kier alpha value is -0.120. The molecule has 0 radical (unpaired) electrons. The third kappa shape index (κ3) is 7.30. The normalized spacial score (nSPS) is 13.9. The second-order valence-electron chi connectivity index (χ2n) is 3.93. The minimum absolute atomic E-state index is 0.200. The lowest BCUT2D eigenvalue weighted by Gasteiger charge is -2.23. The first-order valence-electron chi connectivity index (χ1n) is 5.62. The van der Waals surface area contributed by atoms with E-state index >= 15 is 0 Å². The van der Waals surface area contributed by atoms with E-state index in [0.29, 0.717) is 6.61 Å². The first-order chi connectivity index (χ1) is 6.60. The van der Waals surface area contributed by atoms with Crippen molar-refractivity contribution in [1.29, 1.82) is 0 Å². The van der Waals surface area contributed by atoms with Gasteiger partial charge in [0.15, 0.2) is 0 Å². The predicted molar refractivity (Wildman–Crippen MR) is 59.5 cm³/mol. The van der Waals surface area contributed by atoms with Crippen LogP contribution in [0.2, 0.25) is 0 Å². The molecular weight excluding hydrogens is 178 g/mol. The topological polar surface area (TPSA) is 32.7 Å². The summed E-state index contributed by atoms with van der Waals surface area (Å²) in [6.07, 6.45) is 0.973. The molecule has 0 heterocycles. The molecule has 0 aliphatic carbocycles. The van der Waals surface area contributed by atoms with Gasteiger partial charge in [-0.3, -0.25) is 0 Å². The van der Waals surface area contributed by atoms with E-state index < -0.39 is 0 Å². The summed E-state index contributed by atoms with van der Waals surface area (Å²) in [5.41, 5.74) is 0. The number of likely N-dealkylation sites (N-methyl/N-ethyl adjacent to an activating group) is 1. The number of nitrogens with zero attached hydrogens (tertiary/aromatic N) is 1. The molecule has 1 N–H and O–H groups in total. The van der Waals surface area contributed by atoms with E-state index in [1.54, 1.807) is 0 Å². The van der Waals surface area contributed by atoms with Gasteiger partial charge in [-0.15, -0.1) is 0 Å². The molecule has 3 nitrogen and oxygen atoms in total. The van der Waals surface area contributed by atoms with Gasteiger partial charge < -0.3 is 14.7 Å². The van der Waals surface area contributed by atoms with Crippen molar-refractivity contribution in [1.82, 2.24) is 4.90 Å². The molecule has 1 atom stereocenters. The highest BCUT2D eigenvalue weighted by atomic mass is 16.5. The number of rotatable bonds is 8. The molecule has 0 aromatic rings. The van der Waals surface area contributed by atoms with Crippen molar-refractivity contribution in [2.24, 2.45) is 0 Å². The summed E-state index contributed by atoms with van der Waals surface area (Å²) in [7, 11) is 0. The number of hydrogen-bond donors (Lipinski definition) is 1. The summed E-state index contributed by atoms with van der Waals surface area (Å²) in [5.74, 6) is 0. The molecule has 0 saturated heterocycles. The molecule has 0 spiro atoms.